The van der Waals surface area contributed by atoms with E-state index in [1.54, 1.807) is 18.2 Å². The Morgan fingerprint density at radius 1 is 1.09 bits per heavy atom. The number of methoxy groups -OCH3 is 1. The van der Waals surface area contributed by atoms with Gasteiger partial charge < -0.3 is 24.2 Å². The zero-order valence-electron chi connectivity index (χ0n) is 32.3. The quantitative estimate of drug-likeness (QED) is 0.126. The molecule has 3 saturated carbocycles. The summed E-state index contributed by atoms with van der Waals surface area (Å²) in [7, 11) is 1.53. The fraction of sp³-hybridized carbons (Fsp3) is 0.571. The molecule has 3 aromatic rings. The van der Waals surface area contributed by atoms with E-state index in [0.29, 0.717) is 56.4 Å². The average molecular weight is 792 g/mol. The van der Waals surface area contributed by atoms with Crippen molar-refractivity contribution in [2.75, 3.05) is 13.7 Å². The van der Waals surface area contributed by atoms with E-state index in [1.807, 2.05) is 32.2 Å². The molecule has 3 aliphatic carbocycles. The van der Waals surface area contributed by atoms with Crippen LogP contribution in [0.15, 0.2) is 36.2 Å². The van der Waals surface area contributed by atoms with Gasteiger partial charge in [-0.2, -0.15) is 0 Å². The lowest BCUT2D eigenvalue weighted by Crippen LogP contribution is -2.48. The van der Waals surface area contributed by atoms with Crippen molar-refractivity contribution in [3.05, 3.63) is 47.0 Å². The average Bonchev–Trinajstić information content (AvgIpc) is 3.77. The van der Waals surface area contributed by atoms with E-state index in [-0.39, 0.29) is 55.4 Å². The Morgan fingerprint density at radius 3 is 2.42 bits per heavy atom. The largest absolute Gasteiger partial charge is 0.495 e. The molecule has 0 bridgehead atoms. The second-order valence-electron chi connectivity index (χ2n) is 17.3. The summed E-state index contributed by atoms with van der Waals surface area (Å²) in [5.74, 6) is -0.950. The van der Waals surface area contributed by atoms with Crippen molar-refractivity contribution in [2.24, 2.45) is 34.5 Å². The van der Waals surface area contributed by atoms with Crippen LogP contribution in [-0.4, -0.2) is 75.5 Å². The summed E-state index contributed by atoms with van der Waals surface area (Å²) < 4.78 is 18.1. The predicted octanol–water partition coefficient (Wildman–Crippen LogP) is 8.12. The second-order valence-corrected chi connectivity index (χ2v) is 18.5. The van der Waals surface area contributed by atoms with E-state index < -0.39 is 40.8 Å². The molecule has 1 aliphatic heterocycles. The van der Waals surface area contributed by atoms with Gasteiger partial charge in [-0.25, -0.2) is 9.97 Å². The number of ether oxygens (including phenoxy) is 3. The Morgan fingerprint density at radius 2 is 1.82 bits per heavy atom. The number of carbonyl (C=O) groups is 4. The van der Waals surface area contributed by atoms with Crippen molar-refractivity contribution in [1.29, 1.82) is 0 Å². The predicted molar refractivity (Wildman–Crippen MR) is 209 cm³/mol. The number of ketones is 1. The Hall–Kier alpha value is -4.03. The number of hydrogen-bond donors (Lipinski definition) is 1. The number of likely N-dealkylation sites (tertiary alicyclic amines) is 1. The van der Waals surface area contributed by atoms with E-state index in [2.05, 4.69) is 20.4 Å². The van der Waals surface area contributed by atoms with Crippen molar-refractivity contribution in [1.82, 2.24) is 14.9 Å². The van der Waals surface area contributed by atoms with E-state index in [9.17, 15) is 24.3 Å². The molecule has 0 spiro atoms. The number of Topliss-reactive ketones (excluding diaryl/α,β-unsaturated/α-hetero) is 1. The van der Waals surface area contributed by atoms with Gasteiger partial charge in [0.2, 0.25) is 5.91 Å². The molecule has 4 aliphatic rings. The number of amides is 1. The first-order valence-corrected chi connectivity index (χ1v) is 20.5. The minimum Gasteiger partial charge on any atom is -0.495 e. The summed E-state index contributed by atoms with van der Waals surface area (Å²) in [6.07, 6.45) is 3.80. The number of esters is 1. The van der Waals surface area contributed by atoms with Crippen molar-refractivity contribution in [2.45, 2.75) is 104 Å². The molecule has 11 nitrogen and oxygen atoms in total. The SMILES string of the molecule is C=CC1C[C@]1(CC(=O)[C@@H]1CC(Oc2cc(-c3nc(C(C)C)cs3)nc3c(Cl)c(OC)ccc23)CN1C(=O)[C@@H](CC(=O)OC1C[C@@H]2C[C@@H]2C1)C(C)(C)C)C(=O)O. The topological polar surface area (TPSA) is 145 Å². The molecule has 1 amide bonds. The molecule has 4 fully saturated rings. The molecule has 3 heterocycles. The monoisotopic (exact) mass is 791 g/mol. The van der Waals surface area contributed by atoms with E-state index in [1.165, 1.54) is 29.8 Å². The highest BCUT2D eigenvalue weighted by Crippen LogP contribution is 2.57. The summed E-state index contributed by atoms with van der Waals surface area (Å²) in [6, 6.07) is 4.37. The zero-order chi connectivity index (χ0) is 39.6. The van der Waals surface area contributed by atoms with Crippen LogP contribution < -0.4 is 9.47 Å². The molecule has 3 unspecified atom stereocenters. The Balaban J connectivity index is 1.21. The summed E-state index contributed by atoms with van der Waals surface area (Å²) in [5, 5.41) is 13.8. The number of thiazole rings is 1. The minimum absolute atomic E-state index is 0.0472. The molecule has 1 aromatic carbocycles. The standard InChI is InChI=1S/C42H50ClN3O8S/c1-8-24-17-42(24,40(50)51)18-32(47)31-14-26(19-46(31)39(49)28(41(4,5)6)15-35(48)54-25-12-22-11-23(22)13-25)53-34-16-29(38-45-30(20-55-38)21(2)3)44-37-27(34)9-10-33(52-7)36(37)43/h8-10,16,20-26,28,31H,1,11-15,17-19H2,2-7H3,(H,50,51)/t22-,23+,24?,25?,26?,28-,31+,42-/m1/s1. The number of benzene rings is 1. The van der Waals surface area contributed by atoms with Crippen LogP contribution in [0.1, 0.15) is 91.2 Å². The Labute approximate surface area is 330 Å². The van der Waals surface area contributed by atoms with Gasteiger partial charge in [0.25, 0.3) is 0 Å². The number of nitrogens with zero attached hydrogens (tertiary/aromatic N) is 3. The number of aliphatic carboxylic acids is 1. The number of hydrogen-bond acceptors (Lipinski definition) is 10. The van der Waals surface area contributed by atoms with Crippen molar-refractivity contribution in [3.8, 4) is 22.2 Å². The van der Waals surface area contributed by atoms with Gasteiger partial charge in [0, 0.05) is 29.7 Å². The Bertz CT molecular complexity index is 2030. The molecule has 2 aromatic heterocycles. The highest BCUT2D eigenvalue weighted by atomic mass is 35.5. The van der Waals surface area contributed by atoms with E-state index in [0.717, 1.165) is 18.5 Å². The highest BCUT2D eigenvalue weighted by Gasteiger charge is 2.61. The number of pyridine rings is 1. The van der Waals surface area contributed by atoms with E-state index >= 15 is 0 Å². The van der Waals surface area contributed by atoms with Gasteiger partial charge in [0.15, 0.2) is 5.78 Å². The van der Waals surface area contributed by atoms with Crippen LogP contribution in [-0.2, 0) is 23.9 Å². The number of fused-ring (bicyclic) bond motifs is 2. The number of allylic oxidation sites excluding steroid dienone is 1. The van der Waals surface area contributed by atoms with Crippen molar-refractivity contribution >= 4 is 57.5 Å². The van der Waals surface area contributed by atoms with Crippen LogP contribution in [0.5, 0.6) is 11.5 Å². The summed E-state index contributed by atoms with van der Waals surface area (Å²) in [5.41, 5.74) is 0.0225. The van der Waals surface area contributed by atoms with Crippen LogP contribution in [0, 0.1) is 34.5 Å². The number of halogens is 1. The zero-order valence-corrected chi connectivity index (χ0v) is 33.9. The third kappa shape index (κ3) is 7.73. The van der Waals surface area contributed by atoms with Crippen LogP contribution >= 0.6 is 22.9 Å². The van der Waals surface area contributed by atoms with Gasteiger partial charge >= 0.3 is 11.9 Å². The fourth-order valence-corrected chi connectivity index (χ4v) is 9.79. The fourth-order valence-electron chi connectivity index (χ4n) is 8.57. The third-order valence-electron chi connectivity index (χ3n) is 12.2. The van der Waals surface area contributed by atoms with Crippen LogP contribution in [0.3, 0.4) is 0 Å². The number of aromatic nitrogens is 2. The third-order valence-corrected chi connectivity index (χ3v) is 13.4. The number of carboxylic acids is 1. The number of carboxylic acid groups (broad SMARTS) is 1. The number of carbonyl (C=O) groups excluding carboxylic acids is 3. The first kappa shape index (κ1) is 39.2. The minimum atomic E-state index is -1.25. The summed E-state index contributed by atoms with van der Waals surface area (Å²) in [6.45, 7) is 13.7. The highest BCUT2D eigenvalue weighted by molar-refractivity contribution is 7.13. The van der Waals surface area contributed by atoms with Gasteiger partial charge in [-0.05, 0) is 66.9 Å². The first-order valence-electron chi connectivity index (χ1n) is 19.2. The lowest BCUT2D eigenvalue weighted by molar-refractivity contribution is -0.157. The molecule has 0 radical (unpaired) electrons. The molecule has 55 heavy (non-hydrogen) atoms. The molecule has 1 saturated heterocycles. The van der Waals surface area contributed by atoms with Gasteiger partial charge in [-0.15, -0.1) is 17.9 Å². The number of rotatable bonds is 14. The maximum absolute atomic E-state index is 14.7. The molecular weight excluding hydrogens is 742 g/mol. The maximum Gasteiger partial charge on any atom is 0.310 e. The van der Waals surface area contributed by atoms with Gasteiger partial charge in [0.05, 0.1) is 48.7 Å². The molecule has 8 atom stereocenters. The molecular formula is C42H50ClN3O8S. The van der Waals surface area contributed by atoms with Gasteiger partial charge in [0.1, 0.15) is 39.4 Å². The lowest BCUT2D eigenvalue weighted by atomic mass is 9.77. The lowest BCUT2D eigenvalue weighted by Gasteiger charge is -2.35. The maximum atomic E-state index is 14.7. The first-order chi connectivity index (χ1) is 26.0. The van der Waals surface area contributed by atoms with Crippen molar-refractivity contribution < 1.29 is 38.5 Å². The second kappa shape index (κ2) is 14.8. The van der Waals surface area contributed by atoms with Gasteiger partial charge in [-0.3, -0.25) is 19.2 Å². The summed E-state index contributed by atoms with van der Waals surface area (Å²) >= 11 is 8.28. The van der Waals surface area contributed by atoms with E-state index in [4.69, 9.17) is 35.8 Å². The van der Waals surface area contributed by atoms with Crippen molar-refractivity contribution in [3.63, 3.8) is 0 Å². The molecule has 294 valence electrons. The summed E-state index contributed by atoms with van der Waals surface area (Å²) in [4.78, 5) is 66.0. The van der Waals surface area contributed by atoms with Gasteiger partial charge in [-0.1, -0.05) is 52.3 Å². The smallest absolute Gasteiger partial charge is 0.310 e. The van der Waals surface area contributed by atoms with Crippen LogP contribution in [0.2, 0.25) is 5.02 Å². The Kier molecular flexibility index (Phi) is 10.6. The van der Waals surface area contributed by atoms with Crippen LogP contribution in [0.4, 0.5) is 0 Å². The van der Waals surface area contributed by atoms with Crippen LogP contribution in [0.25, 0.3) is 21.6 Å². The molecule has 7 rings (SSSR count). The normalized spacial score (nSPS) is 27.5. The molecule has 1 N–H and O–H groups in total. The molecule has 13 heteroatoms.